The normalized spacial score (nSPS) is 11.1. The number of aromatic nitrogens is 1. The van der Waals surface area contributed by atoms with E-state index >= 15 is 0 Å². The van der Waals surface area contributed by atoms with E-state index in [0.717, 1.165) is 11.3 Å². The molecule has 5 nitrogen and oxygen atoms in total. The van der Waals surface area contributed by atoms with Crippen LogP contribution in [-0.4, -0.2) is 18.1 Å². The number of methoxy groups -OCH3 is 1. The van der Waals surface area contributed by atoms with Crippen molar-refractivity contribution >= 4 is 11.6 Å². The number of nitrogens with two attached hydrogens (primary N) is 1. The van der Waals surface area contributed by atoms with Gasteiger partial charge < -0.3 is 15.8 Å². The molecule has 0 aliphatic carbocycles. The number of ether oxygens (including phenoxy) is 1. The molecule has 0 fully saturated rings. The second kappa shape index (κ2) is 6.39. The van der Waals surface area contributed by atoms with Crippen molar-refractivity contribution in [3.8, 4) is 5.88 Å². The standard InChI is InChI=1S/C14H16N4O/c1-19-13-8-7-11(9-16-13)10-17-14(15)18-12-5-3-2-4-6-12/h2-9H,10H2,1H3,(H3,15,17,18). The summed E-state index contributed by atoms with van der Waals surface area (Å²) in [6.07, 6.45) is 1.72. The van der Waals surface area contributed by atoms with Crippen LogP contribution in [0.5, 0.6) is 5.88 Å². The molecule has 1 heterocycles. The predicted molar refractivity (Wildman–Crippen MR) is 76.2 cm³/mol. The van der Waals surface area contributed by atoms with E-state index in [2.05, 4.69) is 15.3 Å². The summed E-state index contributed by atoms with van der Waals surface area (Å²) in [6, 6.07) is 13.4. The monoisotopic (exact) mass is 256 g/mol. The van der Waals surface area contributed by atoms with Gasteiger partial charge in [0.2, 0.25) is 5.88 Å². The first-order chi connectivity index (χ1) is 9.28. The molecule has 0 aliphatic rings. The maximum Gasteiger partial charge on any atom is 0.212 e. The summed E-state index contributed by atoms with van der Waals surface area (Å²) in [6.45, 7) is 0.475. The molecular weight excluding hydrogens is 240 g/mol. The minimum atomic E-state index is 0.377. The first-order valence-corrected chi connectivity index (χ1v) is 5.89. The predicted octanol–water partition coefficient (Wildman–Crippen LogP) is 2.02. The van der Waals surface area contributed by atoms with Crippen LogP contribution in [0.2, 0.25) is 0 Å². The van der Waals surface area contributed by atoms with Gasteiger partial charge in [-0.05, 0) is 17.7 Å². The second-order valence-corrected chi connectivity index (χ2v) is 3.90. The van der Waals surface area contributed by atoms with Crippen LogP contribution in [0, 0.1) is 0 Å². The maximum absolute atomic E-state index is 5.80. The molecule has 0 bridgehead atoms. The molecule has 5 heteroatoms. The molecule has 19 heavy (non-hydrogen) atoms. The minimum Gasteiger partial charge on any atom is -0.481 e. The number of nitrogens with one attached hydrogen (secondary N) is 1. The van der Waals surface area contributed by atoms with Crippen LogP contribution >= 0.6 is 0 Å². The van der Waals surface area contributed by atoms with Gasteiger partial charge in [0.15, 0.2) is 5.96 Å². The van der Waals surface area contributed by atoms with Gasteiger partial charge in [-0.2, -0.15) is 0 Å². The summed E-state index contributed by atoms with van der Waals surface area (Å²) in [7, 11) is 1.59. The molecule has 0 radical (unpaired) electrons. The van der Waals surface area contributed by atoms with E-state index in [1.807, 2.05) is 36.4 Å². The zero-order valence-corrected chi connectivity index (χ0v) is 10.7. The Hall–Kier alpha value is -2.56. The molecule has 98 valence electrons. The van der Waals surface area contributed by atoms with Gasteiger partial charge in [-0.3, -0.25) is 0 Å². The number of nitrogens with zero attached hydrogens (tertiary/aromatic N) is 2. The van der Waals surface area contributed by atoms with Crippen molar-refractivity contribution in [3.05, 3.63) is 54.2 Å². The van der Waals surface area contributed by atoms with Crippen LogP contribution in [0.3, 0.4) is 0 Å². The third-order valence-electron chi connectivity index (χ3n) is 2.48. The molecule has 3 N–H and O–H groups in total. The Morgan fingerprint density at radius 3 is 2.68 bits per heavy atom. The van der Waals surface area contributed by atoms with E-state index < -0.39 is 0 Å². The van der Waals surface area contributed by atoms with Crippen LogP contribution in [-0.2, 0) is 6.54 Å². The third kappa shape index (κ3) is 3.99. The summed E-state index contributed by atoms with van der Waals surface area (Å²) < 4.78 is 4.99. The fourth-order valence-corrected chi connectivity index (χ4v) is 1.51. The molecule has 1 aromatic heterocycles. The van der Waals surface area contributed by atoms with Gasteiger partial charge >= 0.3 is 0 Å². The molecule has 1 aromatic carbocycles. The lowest BCUT2D eigenvalue weighted by molar-refractivity contribution is 0.397. The molecule has 0 unspecified atom stereocenters. The molecule has 0 saturated carbocycles. The highest BCUT2D eigenvalue weighted by atomic mass is 16.5. The van der Waals surface area contributed by atoms with Gasteiger partial charge in [-0.25, -0.2) is 9.98 Å². The number of anilines is 1. The number of hydrogen-bond donors (Lipinski definition) is 2. The summed E-state index contributed by atoms with van der Waals surface area (Å²) in [5.41, 5.74) is 7.69. The second-order valence-electron chi connectivity index (χ2n) is 3.90. The summed E-state index contributed by atoms with van der Waals surface area (Å²) in [5, 5.41) is 3.02. The van der Waals surface area contributed by atoms with Crippen molar-refractivity contribution in [2.24, 2.45) is 10.7 Å². The zero-order chi connectivity index (χ0) is 13.5. The number of pyridine rings is 1. The number of rotatable bonds is 4. The first kappa shape index (κ1) is 12.9. The van der Waals surface area contributed by atoms with E-state index in [4.69, 9.17) is 10.5 Å². The average molecular weight is 256 g/mol. The van der Waals surface area contributed by atoms with Crippen molar-refractivity contribution < 1.29 is 4.74 Å². The zero-order valence-electron chi connectivity index (χ0n) is 10.7. The van der Waals surface area contributed by atoms with Crippen molar-refractivity contribution in [1.29, 1.82) is 0 Å². The van der Waals surface area contributed by atoms with Gasteiger partial charge in [0, 0.05) is 18.0 Å². The van der Waals surface area contributed by atoms with E-state index in [-0.39, 0.29) is 0 Å². The van der Waals surface area contributed by atoms with Crippen LogP contribution in [0.4, 0.5) is 5.69 Å². The van der Waals surface area contributed by atoms with Gasteiger partial charge in [0.25, 0.3) is 0 Å². The van der Waals surface area contributed by atoms with Crippen molar-refractivity contribution in [2.75, 3.05) is 12.4 Å². The topological polar surface area (TPSA) is 72.5 Å². The van der Waals surface area contributed by atoms with Crippen molar-refractivity contribution in [1.82, 2.24) is 4.98 Å². The fourth-order valence-electron chi connectivity index (χ4n) is 1.51. The quantitative estimate of drug-likeness (QED) is 0.648. The van der Waals surface area contributed by atoms with Gasteiger partial charge in [0.1, 0.15) is 0 Å². The number of para-hydroxylation sites is 1. The highest BCUT2D eigenvalue weighted by Gasteiger charge is 1.96. The molecule has 2 aromatic rings. The molecule has 0 spiro atoms. The van der Waals surface area contributed by atoms with E-state index in [0.29, 0.717) is 18.4 Å². The Morgan fingerprint density at radius 2 is 2.05 bits per heavy atom. The first-order valence-electron chi connectivity index (χ1n) is 5.89. The van der Waals surface area contributed by atoms with Crippen LogP contribution in [0.25, 0.3) is 0 Å². The van der Waals surface area contributed by atoms with E-state index in [1.165, 1.54) is 0 Å². The summed E-state index contributed by atoms with van der Waals surface area (Å²) in [4.78, 5) is 8.35. The molecule has 0 amide bonds. The Labute approximate surface area is 112 Å². The van der Waals surface area contributed by atoms with Crippen molar-refractivity contribution in [2.45, 2.75) is 6.54 Å². The smallest absolute Gasteiger partial charge is 0.212 e. The fraction of sp³-hybridized carbons (Fsp3) is 0.143. The third-order valence-corrected chi connectivity index (χ3v) is 2.48. The maximum atomic E-state index is 5.80. The van der Waals surface area contributed by atoms with Crippen LogP contribution in [0.1, 0.15) is 5.56 Å². The Morgan fingerprint density at radius 1 is 1.26 bits per heavy atom. The molecule has 0 saturated heterocycles. The van der Waals surface area contributed by atoms with E-state index in [1.54, 1.807) is 19.4 Å². The van der Waals surface area contributed by atoms with Gasteiger partial charge in [-0.15, -0.1) is 0 Å². The Kier molecular flexibility index (Phi) is 4.34. The summed E-state index contributed by atoms with van der Waals surface area (Å²) >= 11 is 0. The largest absolute Gasteiger partial charge is 0.481 e. The highest BCUT2D eigenvalue weighted by molar-refractivity contribution is 5.92. The lowest BCUT2D eigenvalue weighted by atomic mass is 10.3. The van der Waals surface area contributed by atoms with Crippen molar-refractivity contribution in [3.63, 3.8) is 0 Å². The van der Waals surface area contributed by atoms with Crippen LogP contribution < -0.4 is 15.8 Å². The number of guanidine groups is 1. The lowest BCUT2D eigenvalue weighted by Crippen LogP contribution is -2.22. The van der Waals surface area contributed by atoms with Gasteiger partial charge in [0.05, 0.1) is 13.7 Å². The van der Waals surface area contributed by atoms with Crippen LogP contribution in [0.15, 0.2) is 53.7 Å². The highest BCUT2D eigenvalue weighted by Crippen LogP contribution is 2.08. The SMILES string of the molecule is COc1ccc(CN=C(N)Nc2ccccc2)cn1. The Balaban J connectivity index is 1.93. The molecular formula is C14H16N4O. The minimum absolute atomic E-state index is 0.377. The molecule has 2 rings (SSSR count). The molecule has 0 aliphatic heterocycles. The number of aliphatic imine (C=N–C) groups is 1. The number of hydrogen-bond acceptors (Lipinski definition) is 3. The Bertz CT molecular complexity index is 537. The lowest BCUT2D eigenvalue weighted by Gasteiger charge is -2.05. The summed E-state index contributed by atoms with van der Waals surface area (Å²) in [5.74, 6) is 0.963. The van der Waals surface area contributed by atoms with Gasteiger partial charge in [-0.1, -0.05) is 24.3 Å². The molecule has 0 atom stereocenters. The van der Waals surface area contributed by atoms with E-state index in [9.17, 15) is 0 Å². The number of benzene rings is 1. The average Bonchev–Trinajstić information content (AvgIpc) is 2.47.